The minimum Gasteiger partial charge on any atom is -0.432 e. The van der Waals surface area contributed by atoms with Crippen LogP contribution in [0.1, 0.15) is 39.4 Å². The molecule has 30 heavy (non-hydrogen) atoms. The van der Waals surface area contributed by atoms with Crippen LogP contribution in [0.3, 0.4) is 0 Å². The highest BCUT2D eigenvalue weighted by Gasteiger charge is 2.36. The van der Waals surface area contributed by atoms with Crippen molar-refractivity contribution in [3.05, 3.63) is 59.7 Å². The van der Waals surface area contributed by atoms with Crippen LogP contribution >= 0.6 is 13.5 Å². The summed E-state index contributed by atoms with van der Waals surface area (Å²) in [5, 5.41) is 6.54. The number of carbonyl (C=O) groups excluding carboxylic acids is 2. The third-order valence-corrected chi connectivity index (χ3v) is 4.51. The molecule has 2 amide bonds. The van der Waals surface area contributed by atoms with Gasteiger partial charge >= 0.3 is 12.2 Å². The molecule has 0 unspecified atom stereocenters. The van der Waals surface area contributed by atoms with Crippen LogP contribution in [0.4, 0.5) is 24.9 Å². The number of alkyl halides is 3. The Hall–Kier alpha value is -3.28. The summed E-state index contributed by atoms with van der Waals surface area (Å²) in [5.41, 5.74) is -0.472. The summed E-state index contributed by atoms with van der Waals surface area (Å²) >= 11 is 0. The van der Waals surface area contributed by atoms with Crippen molar-refractivity contribution in [3.63, 3.8) is 0 Å². The zero-order valence-electron chi connectivity index (χ0n) is 15.5. The predicted octanol–water partition coefficient (Wildman–Crippen LogP) is 3.48. The molecular weight excluding hydrogens is 423 g/mol. The van der Waals surface area contributed by atoms with Gasteiger partial charge in [-0.3, -0.25) is 19.6 Å². The second-order valence-corrected chi connectivity index (χ2v) is 6.45. The fourth-order valence-electron chi connectivity index (χ4n) is 3.13. The zero-order valence-corrected chi connectivity index (χ0v) is 16.5. The molecule has 1 N–H and O–H groups in total. The standard InChI is InChI=1S/C18H14F3N5O3.H2S/c1-10-9-25(12-4-2-11(3-5-12)18(19,20)21)16(28)14-13(8-23-26(10)14)15(27)24-17-22-6-7-29-17;/h2-8,10H,9H2,1H3,(H,22,24,27);1H2/t10-;/m0./s1. The summed E-state index contributed by atoms with van der Waals surface area (Å²) in [4.78, 5) is 30.7. The predicted molar refractivity (Wildman–Crippen MR) is 105 cm³/mol. The average Bonchev–Trinajstić information content (AvgIpc) is 3.34. The lowest BCUT2D eigenvalue weighted by atomic mass is 10.1. The monoisotopic (exact) mass is 439 g/mol. The van der Waals surface area contributed by atoms with E-state index in [9.17, 15) is 22.8 Å². The Balaban J connectivity index is 0.00000256. The maximum atomic E-state index is 13.1. The van der Waals surface area contributed by atoms with Crippen molar-refractivity contribution in [2.75, 3.05) is 16.8 Å². The Morgan fingerprint density at radius 2 is 1.97 bits per heavy atom. The molecule has 0 radical (unpaired) electrons. The molecule has 12 heteroatoms. The molecule has 158 valence electrons. The smallest absolute Gasteiger partial charge is 0.416 e. The van der Waals surface area contributed by atoms with Crippen molar-refractivity contribution in [2.24, 2.45) is 0 Å². The van der Waals surface area contributed by atoms with E-state index in [1.165, 1.54) is 40.4 Å². The Bertz CT molecular complexity index is 1060. The molecule has 0 spiro atoms. The molecule has 1 atom stereocenters. The van der Waals surface area contributed by atoms with Crippen molar-refractivity contribution >= 4 is 37.0 Å². The van der Waals surface area contributed by atoms with Gasteiger partial charge in [0.25, 0.3) is 11.8 Å². The fraction of sp³-hybridized carbons (Fsp3) is 0.222. The minimum absolute atomic E-state index is 0. The molecule has 0 saturated heterocycles. The van der Waals surface area contributed by atoms with Crippen molar-refractivity contribution in [3.8, 4) is 0 Å². The van der Waals surface area contributed by atoms with E-state index in [0.29, 0.717) is 5.69 Å². The number of aromatic nitrogens is 3. The van der Waals surface area contributed by atoms with Gasteiger partial charge in [0, 0.05) is 12.2 Å². The summed E-state index contributed by atoms with van der Waals surface area (Å²) in [6, 6.07) is 3.95. The average molecular weight is 439 g/mol. The quantitative estimate of drug-likeness (QED) is 0.675. The van der Waals surface area contributed by atoms with Crippen LogP contribution in [-0.2, 0) is 6.18 Å². The van der Waals surface area contributed by atoms with Gasteiger partial charge < -0.3 is 9.32 Å². The Kier molecular flexibility index (Phi) is 5.61. The number of rotatable bonds is 3. The first-order valence-electron chi connectivity index (χ1n) is 8.53. The van der Waals surface area contributed by atoms with Gasteiger partial charge in [0.1, 0.15) is 12.0 Å². The van der Waals surface area contributed by atoms with Crippen molar-refractivity contribution < 1.29 is 27.2 Å². The summed E-state index contributed by atoms with van der Waals surface area (Å²) in [6.07, 6.45) is -0.578. The maximum Gasteiger partial charge on any atom is 0.416 e. The number of oxazole rings is 1. The molecule has 0 aliphatic carbocycles. The number of benzene rings is 1. The van der Waals surface area contributed by atoms with Crippen LogP contribution in [0.15, 0.2) is 47.3 Å². The lowest BCUT2D eigenvalue weighted by molar-refractivity contribution is -0.137. The van der Waals surface area contributed by atoms with Crippen molar-refractivity contribution in [2.45, 2.75) is 19.1 Å². The molecule has 3 aromatic rings. The number of fused-ring (bicyclic) bond motifs is 1. The SMILES string of the molecule is C[C@H]1CN(c2ccc(C(F)(F)F)cc2)C(=O)c2c(C(=O)Nc3ncco3)cnn21.S. The number of hydrogen-bond acceptors (Lipinski definition) is 5. The Morgan fingerprint density at radius 3 is 2.57 bits per heavy atom. The van der Waals surface area contributed by atoms with Gasteiger partial charge in [-0.1, -0.05) is 0 Å². The van der Waals surface area contributed by atoms with E-state index < -0.39 is 23.6 Å². The highest BCUT2D eigenvalue weighted by molar-refractivity contribution is 7.59. The lowest BCUT2D eigenvalue weighted by Crippen LogP contribution is -2.43. The van der Waals surface area contributed by atoms with Crippen molar-refractivity contribution in [1.82, 2.24) is 14.8 Å². The number of nitrogens with zero attached hydrogens (tertiary/aromatic N) is 4. The topological polar surface area (TPSA) is 93.3 Å². The van der Waals surface area contributed by atoms with Gasteiger partial charge in [0.15, 0.2) is 0 Å². The maximum absolute atomic E-state index is 13.1. The van der Waals surface area contributed by atoms with E-state index in [2.05, 4.69) is 15.4 Å². The van der Waals surface area contributed by atoms with E-state index in [-0.39, 0.29) is 43.4 Å². The molecular formula is C18H16F3N5O3S. The summed E-state index contributed by atoms with van der Waals surface area (Å²) < 4.78 is 44.8. The van der Waals surface area contributed by atoms with Crippen LogP contribution in [0, 0.1) is 0 Å². The number of amides is 2. The second-order valence-electron chi connectivity index (χ2n) is 6.45. The zero-order chi connectivity index (χ0) is 20.8. The van der Waals surface area contributed by atoms with Gasteiger partial charge in [-0.2, -0.15) is 31.8 Å². The Labute approximate surface area is 175 Å². The van der Waals surface area contributed by atoms with Crippen molar-refractivity contribution in [1.29, 1.82) is 0 Å². The van der Waals surface area contributed by atoms with Gasteiger partial charge in [0.05, 0.1) is 29.6 Å². The number of halogens is 3. The summed E-state index contributed by atoms with van der Waals surface area (Å²) in [7, 11) is 0. The summed E-state index contributed by atoms with van der Waals surface area (Å²) in [6.45, 7) is 1.98. The van der Waals surface area contributed by atoms with Gasteiger partial charge in [0.2, 0.25) is 0 Å². The lowest BCUT2D eigenvalue weighted by Gasteiger charge is -2.32. The number of hydrogen-bond donors (Lipinski definition) is 1. The summed E-state index contributed by atoms with van der Waals surface area (Å²) in [5.74, 6) is -1.18. The number of nitrogens with one attached hydrogen (secondary N) is 1. The van der Waals surface area contributed by atoms with Crippen LogP contribution in [0.2, 0.25) is 0 Å². The van der Waals surface area contributed by atoms with Gasteiger partial charge in [-0.25, -0.2) is 4.98 Å². The van der Waals surface area contributed by atoms with Crippen LogP contribution < -0.4 is 10.2 Å². The van der Waals surface area contributed by atoms with Crippen LogP contribution in [0.25, 0.3) is 0 Å². The molecule has 1 aromatic carbocycles. The van der Waals surface area contributed by atoms with Crippen LogP contribution in [-0.4, -0.2) is 33.1 Å². The van der Waals surface area contributed by atoms with E-state index in [0.717, 1.165) is 12.1 Å². The first kappa shape index (κ1) is 21.4. The van der Waals surface area contributed by atoms with E-state index in [1.54, 1.807) is 6.92 Å². The molecule has 2 aromatic heterocycles. The minimum atomic E-state index is -4.47. The number of carbonyl (C=O) groups is 2. The highest BCUT2D eigenvalue weighted by Crippen LogP contribution is 2.32. The van der Waals surface area contributed by atoms with E-state index in [4.69, 9.17) is 4.42 Å². The second kappa shape index (κ2) is 7.86. The van der Waals surface area contributed by atoms with E-state index in [1.807, 2.05) is 0 Å². The molecule has 8 nitrogen and oxygen atoms in total. The molecule has 4 rings (SSSR count). The van der Waals surface area contributed by atoms with E-state index >= 15 is 0 Å². The third-order valence-electron chi connectivity index (χ3n) is 4.51. The third kappa shape index (κ3) is 3.77. The first-order chi connectivity index (χ1) is 13.8. The highest BCUT2D eigenvalue weighted by atomic mass is 32.1. The number of anilines is 2. The molecule has 1 aliphatic rings. The largest absolute Gasteiger partial charge is 0.432 e. The van der Waals surface area contributed by atoms with Crippen LogP contribution in [0.5, 0.6) is 0 Å². The molecule has 1 aliphatic heterocycles. The van der Waals surface area contributed by atoms with Gasteiger partial charge in [-0.15, -0.1) is 0 Å². The molecule has 0 saturated carbocycles. The normalized spacial score (nSPS) is 16.1. The molecule has 0 fully saturated rings. The fourth-order valence-corrected chi connectivity index (χ4v) is 3.13. The molecule has 3 heterocycles. The molecule has 0 bridgehead atoms. The van der Waals surface area contributed by atoms with Gasteiger partial charge in [-0.05, 0) is 31.2 Å². The first-order valence-corrected chi connectivity index (χ1v) is 8.53. The Morgan fingerprint density at radius 1 is 1.27 bits per heavy atom.